The number of aromatic nitrogens is 2. The van der Waals surface area contributed by atoms with Gasteiger partial charge in [0, 0.05) is 12.5 Å². The summed E-state index contributed by atoms with van der Waals surface area (Å²) in [5, 5.41) is 4.10. The van der Waals surface area contributed by atoms with Crippen LogP contribution in [0.4, 0.5) is 0 Å². The smallest absolute Gasteiger partial charge is 0.232 e. The van der Waals surface area contributed by atoms with Gasteiger partial charge in [0.25, 0.3) is 0 Å². The number of nitrogens with zero attached hydrogens (tertiary/aromatic N) is 2. The standard InChI is InChI=1S/C12H16N2O3/c1-2-10-9(5-8(1)16-10)12-13-11(14-17-12)7-3-4-15-6-7/h7-10H,1-6H2. The fourth-order valence-electron chi connectivity index (χ4n) is 3.20. The highest BCUT2D eigenvalue weighted by molar-refractivity contribution is 5.07. The van der Waals surface area contributed by atoms with Gasteiger partial charge in [-0.1, -0.05) is 5.16 Å². The molecule has 4 rings (SSSR count). The molecule has 4 heterocycles. The SMILES string of the molecule is C1CC(c2noc(C3CC4CCC3O4)n2)CO1. The van der Waals surface area contributed by atoms with Crippen LogP contribution in [0.2, 0.25) is 0 Å². The lowest BCUT2D eigenvalue weighted by atomic mass is 9.89. The fraction of sp³-hybridized carbons (Fsp3) is 0.833. The van der Waals surface area contributed by atoms with Crippen molar-refractivity contribution < 1.29 is 14.0 Å². The quantitative estimate of drug-likeness (QED) is 0.780. The summed E-state index contributed by atoms with van der Waals surface area (Å²) in [5.74, 6) is 2.25. The minimum Gasteiger partial charge on any atom is -0.381 e. The molecule has 5 nitrogen and oxygen atoms in total. The molecular formula is C12H16N2O3. The Labute approximate surface area is 99.5 Å². The first kappa shape index (κ1) is 10.0. The van der Waals surface area contributed by atoms with Crippen molar-refractivity contribution in [1.82, 2.24) is 10.1 Å². The maximum absolute atomic E-state index is 5.82. The molecule has 92 valence electrons. The molecule has 0 saturated carbocycles. The van der Waals surface area contributed by atoms with Gasteiger partial charge in [-0.15, -0.1) is 0 Å². The largest absolute Gasteiger partial charge is 0.381 e. The Hall–Kier alpha value is -0.940. The van der Waals surface area contributed by atoms with Crippen molar-refractivity contribution in [3.63, 3.8) is 0 Å². The van der Waals surface area contributed by atoms with Gasteiger partial charge < -0.3 is 14.0 Å². The van der Waals surface area contributed by atoms with Gasteiger partial charge in [0.05, 0.1) is 24.7 Å². The lowest BCUT2D eigenvalue weighted by molar-refractivity contribution is 0.0974. The van der Waals surface area contributed by atoms with E-state index in [4.69, 9.17) is 14.0 Å². The van der Waals surface area contributed by atoms with Crippen LogP contribution in [-0.4, -0.2) is 35.6 Å². The molecule has 3 aliphatic heterocycles. The number of fused-ring (bicyclic) bond motifs is 2. The van der Waals surface area contributed by atoms with Crippen LogP contribution in [0.15, 0.2) is 4.52 Å². The van der Waals surface area contributed by atoms with E-state index >= 15 is 0 Å². The minimum absolute atomic E-state index is 0.313. The van der Waals surface area contributed by atoms with Crippen molar-refractivity contribution in [3.05, 3.63) is 11.7 Å². The maximum atomic E-state index is 5.82. The third-order valence-corrected chi connectivity index (χ3v) is 4.18. The summed E-state index contributed by atoms with van der Waals surface area (Å²) >= 11 is 0. The van der Waals surface area contributed by atoms with Crippen molar-refractivity contribution >= 4 is 0 Å². The van der Waals surface area contributed by atoms with Crippen molar-refractivity contribution in [1.29, 1.82) is 0 Å². The monoisotopic (exact) mass is 236 g/mol. The third-order valence-electron chi connectivity index (χ3n) is 4.18. The van der Waals surface area contributed by atoms with E-state index in [2.05, 4.69) is 10.1 Å². The highest BCUT2D eigenvalue weighted by Crippen LogP contribution is 2.44. The fourth-order valence-corrected chi connectivity index (χ4v) is 3.20. The van der Waals surface area contributed by atoms with E-state index in [0.29, 0.717) is 24.0 Å². The van der Waals surface area contributed by atoms with Crippen LogP contribution in [0, 0.1) is 0 Å². The zero-order chi connectivity index (χ0) is 11.2. The summed E-state index contributed by atoms with van der Waals surface area (Å²) in [5.41, 5.74) is 0. The Balaban J connectivity index is 1.54. The topological polar surface area (TPSA) is 57.4 Å². The average molecular weight is 236 g/mol. The van der Waals surface area contributed by atoms with Crippen LogP contribution >= 0.6 is 0 Å². The van der Waals surface area contributed by atoms with Gasteiger partial charge in [-0.3, -0.25) is 0 Å². The van der Waals surface area contributed by atoms with Crippen molar-refractivity contribution in [2.24, 2.45) is 0 Å². The van der Waals surface area contributed by atoms with E-state index < -0.39 is 0 Å². The van der Waals surface area contributed by atoms with E-state index in [-0.39, 0.29) is 0 Å². The van der Waals surface area contributed by atoms with E-state index in [1.807, 2.05) is 0 Å². The molecule has 4 atom stereocenters. The molecule has 0 amide bonds. The van der Waals surface area contributed by atoms with Gasteiger partial charge in [0.15, 0.2) is 5.82 Å². The number of hydrogen-bond donors (Lipinski definition) is 0. The summed E-state index contributed by atoms with van der Waals surface area (Å²) in [4.78, 5) is 4.56. The first-order chi connectivity index (χ1) is 8.40. The molecule has 3 fully saturated rings. The molecule has 1 aromatic heterocycles. The van der Waals surface area contributed by atoms with E-state index in [1.54, 1.807) is 0 Å². The Morgan fingerprint density at radius 3 is 2.88 bits per heavy atom. The molecule has 17 heavy (non-hydrogen) atoms. The molecule has 3 saturated heterocycles. The predicted molar refractivity (Wildman–Crippen MR) is 57.7 cm³/mol. The Bertz CT molecular complexity index is 414. The van der Waals surface area contributed by atoms with Crippen molar-refractivity contribution in [2.45, 2.75) is 49.7 Å². The summed E-state index contributed by atoms with van der Waals surface area (Å²) < 4.78 is 16.6. The molecule has 0 spiro atoms. The highest BCUT2D eigenvalue weighted by atomic mass is 16.5. The van der Waals surface area contributed by atoms with Crippen molar-refractivity contribution in [3.8, 4) is 0 Å². The first-order valence-electron chi connectivity index (χ1n) is 6.47. The number of ether oxygens (including phenoxy) is 2. The lowest BCUT2D eigenvalue weighted by Gasteiger charge is -2.13. The molecule has 3 aliphatic rings. The summed E-state index contributed by atoms with van der Waals surface area (Å²) in [6.07, 6.45) is 5.13. The summed E-state index contributed by atoms with van der Waals surface area (Å²) in [6.45, 7) is 1.54. The van der Waals surface area contributed by atoms with Gasteiger partial charge in [-0.05, 0) is 25.7 Å². The van der Waals surface area contributed by atoms with Gasteiger partial charge >= 0.3 is 0 Å². The Morgan fingerprint density at radius 1 is 1.18 bits per heavy atom. The molecule has 0 aromatic carbocycles. The molecule has 5 heteroatoms. The molecular weight excluding hydrogens is 220 g/mol. The van der Waals surface area contributed by atoms with E-state index in [0.717, 1.165) is 44.2 Å². The molecule has 4 unspecified atom stereocenters. The van der Waals surface area contributed by atoms with Crippen molar-refractivity contribution in [2.75, 3.05) is 13.2 Å². The highest BCUT2D eigenvalue weighted by Gasteiger charge is 2.44. The van der Waals surface area contributed by atoms with Crippen LogP contribution in [-0.2, 0) is 9.47 Å². The van der Waals surface area contributed by atoms with Crippen LogP contribution in [0.1, 0.15) is 49.2 Å². The predicted octanol–water partition coefficient (Wildman–Crippen LogP) is 1.61. The minimum atomic E-state index is 0.313. The van der Waals surface area contributed by atoms with E-state index in [1.165, 1.54) is 6.42 Å². The number of rotatable bonds is 2. The van der Waals surface area contributed by atoms with Gasteiger partial charge in [-0.25, -0.2) is 0 Å². The average Bonchev–Trinajstić information content (AvgIpc) is 3.12. The molecule has 1 aromatic rings. The second kappa shape index (κ2) is 3.78. The summed E-state index contributed by atoms with van der Waals surface area (Å²) in [6, 6.07) is 0. The van der Waals surface area contributed by atoms with Crippen LogP contribution in [0.5, 0.6) is 0 Å². The molecule has 0 radical (unpaired) electrons. The van der Waals surface area contributed by atoms with Crippen LogP contribution < -0.4 is 0 Å². The molecule has 0 N–H and O–H groups in total. The summed E-state index contributed by atoms with van der Waals surface area (Å²) in [7, 11) is 0. The molecule has 0 aliphatic carbocycles. The van der Waals surface area contributed by atoms with Crippen LogP contribution in [0.3, 0.4) is 0 Å². The normalized spacial score (nSPS) is 40.2. The maximum Gasteiger partial charge on any atom is 0.232 e. The third kappa shape index (κ3) is 1.60. The Morgan fingerprint density at radius 2 is 2.18 bits per heavy atom. The zero-order valence-corrected chi connectivity index (χ0v) is 9.67. The first-order valence-corrected chi connectivity index (χ1v) is 6.47. The van der Waals surface area contributed by atoms with Gasteiger partial charge in [0.2, 0.25) is 5.89 Å². The van der Waals surface area contributed by atoms with E-state index in [9.17, 15) is 0 Å². The van der Waals surface area contributed by atoms with Crippen LogP contribution in [0.25, 0.3) is 0 Å². The van der Waals surface area contributed by atoms with Gasteiger partial charge in [0.1, 0.15) is 0 Å². The lowest BCUT2D eigenvalue weighted by Crippen LogP contribution is -2.14. The second-order valence-electron chi connectivity index (χ2n) is 5.27. The van der Waals surface area contributed by atoms with Gasteiger partial charge in [-0.2, -0.15) is 4.98 Å². The Kier molecular flexibility index (Phi) is 2.23. The second-order valence-corrected chi connectivity index (χ2v) is 5.27. The number of hydrogen-bond acceptors (Lipinski definition) is 5. The molecule has 2 bridgehead atoms. The zero-order valence-electron chi connectivity index (χ0n) is 9.67.